The Bertz CT molecular complexity index is 170. The summed E-state index contributed by atoms with van der Waals surface area (Å²) in [6.07, 6.45) is 0. The van der Waals surface area contributed by atoms with Crippen molar-refractivity contribution in [2.24, 2.45) is 11.5 Å². The molecule has 0 spiro atoms. The molecule has 0 aliphatic heterocycles. The molecule has 0 aliphatic carbocycles. The average molecular weight is 191 g/mol. The van der Waals surface area contributed by atoms with Gasteiger partial charge in [-0.3, -0.25) is 4.18 Å². The summed E-state index contributed by atoms with van der Waals surface area (Å²) in [6, 6.07) is 0. The Kier molecular flexibility index (Phi) is 9.76. The maximum Gasteiger partial charge on any atom is 0.268 e. The van der Waals surface area contributed by atoms with Crippen molar-refractivity contribution >= 4 is 39.7 Å². The molecule has 0 saturated carbocycles. The van der Waals surface area contributed by atoms with Crippen molar-refractivity contribution in [3.63, 3.8) is 0 Å². The first-order chi connectivity index (χ1) is 4.62. The zero-order chi connectivity index (χ0) is 8.04. The molecule has 0 heterocycles. The van der Waals surface area contributed by atoms with Crippen LogP contribution in [-0.2, 0) is 14.3 Å². The van der Waals surface area contributed by atoms with Crippen LogP contribution >= 0.6 is 0 Å². The molecule has 0 fully saturated rings. The topological polar surface area (TPSA) is 95.4 Å². The summed E-state index contributed by atoms with van der Waals surface area (Å²) in [5.41, 5.74) is 10.0. The Hall–Kier alpha value is 0.830. The molecule has 11 heavy (non-hydrogen) atoms. The summed E-state index contributed by atoms with van der Waals surface area (Å²) >= 11 is 0. The SMILES string of the molecule is NCCOS(=O)(=O)CCN.[Na]. The molecule has 5 nitrogen and oxygen atoms in total. The minimum atomic E-state index is -3.40. The summed E-state index contributed by atoms with van der Waals surface area (Å²) in [7, 11) is -3.40. The van der Waals surface area contributed by atoms with Gasteiger partial charge in [-0.25, -0.2) is 0 Å². The zero-order valence-electron chi connectivity index (χ0n) is 6.62. The fourth-order valence-corrected chi connectivity index (χ4v) is 1.14. The molecular weight excluding hydrogens is 179 g/mol. The first kappa shape index (κ1) is 14.4. The van der Waals surface area contributed by atoms with Gasteiger partial charge in [0.15, 0.2) is 0 Å². The molecule has 1 radical (unpaired) electrons. The van der Waals surface area contributed by atoms with Gasteiger partial charge in [-0.1, -0.05) is 0 Å². The molecule has 0 atom stereocenters. The van der Waals surface area contributed by atoms with Gasteiger partial charge in [-0.05, 0) is 0 Å². The van der Waals surface area contributed by atoms with Crippen LogP contribution in [0.4, 0.5) is 0 Å². The molecular formula is C4H12N2NaO3S. The number of hydrogen-bond acceptors (Lipinski definition) is 5. The van der Waals surface area contributed by atoms with Crippen LogP contribution in [0.25, 0.3) is 0 Å². The number of rotatable bonds is 5. The second-order valence-corrected chi connectivity index (χ2v) is 3.42. The van der Waals surface area contributed by atoms with E-state index in [1.807, 2.05) is 0 Å². The van der Waals surface area contributed by atoms with Gasteiger partial charge in [0.2, 0.25) is 0 Å². The van der Waals surface area contributed by atoms with Crippen LogP contribution in [-0.4, -0.2) is 63.4 Å². The molecule has 7 heteroatoms. The maximum atomic E-state index is 10.6. The van der Waals surface area contributed by atoms with Gasteiger partial charge < -0.3 is 11.5 Å². The van der Waals surface area contributed by atoms with Crippen molar-refractivity contribution in [2.45, 2.75) is 0 Å². The zero-order valence-corrected chi connectivity index (χ0v) is 9.43. The van der Waals surface area contributed by atoms with Crippen LogP contribution in [0.1, 0.15) is 0 Å². The van der Waals surface area contributed by atoms with E-state index in [4.69, 9.17) is 11.5 Å². The molecule has 0 aliphatic rings. The van der Waals surface area contributed by atoms with Crippen molar-refractivity contribution in [1.82, 2.24) is 0 Å². The molecule has 0 aromatic carbocycles. The first-order valence-electron chi connectivity index (χ1n) is 2.89. The van der Waals surface area contributed by atoms with Crippen LogP contribution in [0, 0.1) is 0 Å². The molecule has 0 amide bonds. The van der Waals surface area contributed by atoms with Crippen molar-refractivity contribution < 1.29 is 12.6 Å². The van der Waals surface area contributed by atoms with Crippen LogP contribution in [0.3, 0.4) is 0 Å². The third kappa shape index (κ3) is 8.74. The van der Waals surface area contributed by atoms with Crippen LogP contribution in [0.5, 0.6) is 0 Å². The smallest absolute Gasteiger partial charge is 0.268 e. The molecule has 0 unspecified atom stereocenters. The van der Waals surface area contributed by atoms with E-state index >= 15 is 0 Å². The fourth-order valence-electron chi connectivity index (χ4n) is 0.378. The fraction of sp³-hybridized carbons (Fsp3) is 1.00. The normalized spacial score (nSPS) is 10.7. The molecule has 4 N–H and O–H groups in total. The number of hydrogen-bond donors (Lipinski definition) is 2. The van der Waals surface area contributed by atoms with Crippen LogP contribution in [0.15, 0.2) is 0 Å². The maximum absolute atomic E-state index is 10.6. The van der Waals surface area contributed by atoms with Gasteiger partial charge in [-0.2, -0.15) is 8.42 Å². The van der Waals surface area contributed by atoms with Crippen molar-refractivity contribution in [3.8, 4) is 0 Å². The Morgan fingerprint density at radius 2 is 1.73 bits per heavy atom. The predicted molar refractivity (Wildman–Crippen MR) is 43.6 cm³/mol. The van der Waals surface area contributed by atoms with Crippen molar-refractivity contribution in [1.29, 1.82) is 0 Å². The van der Waals surface area contributed by atoms with Crippen LogP contribution < -0.4 is 11.5 Å². The Morgan fingerprint density at radius 1 is 1.18 bits per heavy atom. The Labute approximate surface area is 88.9 Å². The molecule has 0 aromatic rings. The van der Waals surface area contributed by atoms with E-state index in [9.17, 15) is 8.42 Å². The Balaban J connectivity index is 0. The van der Waals surface area contributed by atoms with E-state index < -0.39 is 10.1 Å². The quantitative estimate of drug-likeness (QED) is 0.382. The van der Waals surface area contributed by atoms with Gasteiger partial charge in [0, 0.05) is 42.6 Å². The average Bonchev–Trinajstić information content (AvgIpc) is 1.84. The molecule has 0 rings (SSSR count). The van der Waals surface area contributed by atoms with Gasteiger partial charge in [-0.15, -0.1) is 0 Å². The van der Waals surface area contributed by atoms with E-state index in [1.165, 1.54) is 0 Å². The summed E-state index contributed by atoms with van der Waals surface area (Å²) in [5.74, 6) is -0.146. The van der Waals surface area contributed by atoms with E-state index in [2.05, 4.69) is 4.18 Å². The van der Waals surface area contributed by atoms with Crippen molar-refractivity contribution in [2.75, 3.05) is 25.4 Å². The monoisotopic (exact) mass is 191 g/mol. The summed E-state index contributed by atoms with van der Waals surface area (Å²) in [4.78, 5) is 0. The van der Waals surface area contributed by atoms with E-state index in [0.717, 1.165) is 0 Å². The van der Waals surface area contributed by atoms with E-state index in [1.54, 1.807) is 0 Å². The minimum absolute atomic E-state index is 0. The first-order valence-corrected chi connectivity index (χ1v) is 4.47. The standard InChI is InChI=1S/C4H12N2O3S.Na/c5-1-3-9-10(7,8)4-2-6;/h1-6H2;. The number of nitrogens with two attached hydrogens (primary N) is 2. The second kappa shape index (κ2) is 7.48. The molecule has 63 valence electrons. The van der Waals surface area contributed by atoms with E-state index in [0.29, 0.717) is 0 Å². The van der Waals surface area contributed by atoms with Gasteiger partial charge in [0.1, 0.15) is 0 Å². The van der Waals surface area contributed by atoms with Gasteiger partial charge >= 0.3 is 0 Å². The molecule has 0 aromatic heterocycles. The molecule has 0 saturated heterocycles. The summed E-state index contributed by atoms with van der Waals surface area (Å²) < 4.78 is 25.6. The van der Waals surface area contributed by atoms with Crippen molar-refractivity contribution in [3.05, 3.63) is 0 Å². The predicted octanol–water partition coefficient (Wildman–Crippen LogP) is -2.13. The third-order valence-electron chi connectivity index (χ3n) is 0.749. The summed E-state index contributed by atoms with van der Waals surface area (Å²) in [5, 5.41) is 0. The van der Waals surface area contributed by atoms with Gasteiger partial charge in [0.25, 0.3) is 10.1 Å². The van der Waals surface area contributed by atoms with E-state index in [-0.39, 0.29) is 55.0 Å². The molecule has 0 bridgehead atoms. The minimum Gasteiger partial charge on any atom is -0.329 e. The summed E-state index contributed by atoms with van der Waals surface area (Å²) in [6.45, 7) is 0.305. The van der Waals surface area contributed by atoms with Gasteiger partial charge in [0.05, 0.1) is 12.4 Å². The van der Waals surface area contributed by atoms with Crippen LogP contribution in [0.2, 0.25) is 0 Å². The Morgan fingerprint density at radius 3 is 2.09 bits per heavy atom. The largest absolute Gasteiger partial charge is 0.329 e. The second-order valence-electron chi connectivity index (χ2n) is 1.66. The third-order valence-corrected chi connectivity index (χ3v) is 2.01.